The van der Waals surface area contributed by atoms with Gasteiger partial charge in [-0.15, -0.1) is 0 Å². The van der Waals surface area contributed by atoms with E-state index in [0.717, 1.165) is 24.7 Å². The van der Waals surface area contributed by atoms with Crippen LogP contribution >= 0.6 is 0 Å². The molecule has 12 heavy (non-hydrogen) atoms. The largest absolute Gasteiger partial charge is 0.393 e. The molecule has 2 aliphatic rings. The summed E-state index contributed by atoms with van der Waals surface area (Å²) in [6, 6.07) is 0. The summed E-state index contributed by atoms with van der Waals surface area (Å²) < 4.78 is 0. The average Bonchev–Trinajstić information content (AvgIpc) is 2.21. The molecule has 2 saturated carbocycles. The Kier molecular flexibility index (Phi) is 1.95. The van der Waals surface area contributed by atoms with Crippen molar-refractivity contribution in [2.24, 2.45) is 17.3 Å². The standard InChI is InChI=1S/C11H20O/c1-11(2)6-8-3-4-10(12)5-9(8)7-11/h8-10,12H,3-7H2,1-2H3. The Morgan fingerprint density at radius 2 is 1.75 bits per heavy atom. The third-order valence-corrected chi connectivity index (χ3v) is 3.74. The smallest absolute Gasteiger partial charge is 0.0543 e. The molecule has 70 valence electrons. The van der Waals surface area contributed by atoms with Crippen molar-refractivity contribution in [1.82, 2.24) is 0 Å². The van der Waals surface area contributed by atoms with Crippen molar-refractivity contribution < 1.29 is 5.11 Å². The van der Waals surface area contributed by atoms with Gasteiger partial charge in [0.2, 0.25) is 0 Å². The first kappa shape index (κ1) is 8.55. The molecule has 1 N–H and O–H groups in total. The molecule has 3 atom stereocenters. The van der Waals surface area contributed by atoms with Crippen LogP contribution in [0, 0.1) is 17.3 Å². The van der Waals surface area contributed by atoms with Crippen LogP contribution in [0.25, 0.3) is 0 Å². The van der Waals surface area contributed by atoms with Gasteiger partial charge in [-0.25, -0.2) is 0 Å². The van der Waals surface area contributed by atoms with Crippen LogP contribution in [0.4, 0.5) is 0 Å². The zero-order valence-corrected chi connectivity index (χ0v) is 8.21. The summed E-state index contributed by atoms with van der Waals surface area (Å²) in [5.74, 6) is 1.77. The molecule has 0 aromatic carbocycles. The zero-order chi connectivity index (χ0) is 8.77. The summed E-state index contributed by atoms with van der Waals surface area (Å²) in [5, 5.41) is 9.53. The van der Waals surface area contributed by atoms with Gasteiger partial charge in [0.25, 0.3) is 0 Å². The minimum atomic E-state index is 0.0140. The van der Waals surface area contributed by atoms with E-state index in [4.69, 9.17) is 0 Å². The quantitative estimate of drug-likeness (QED) is 0.589. The maximum atomic E-state index is 9.53. The summed E-state index contributed by atoms with van der Waals surface area (Å²) in [7, 11) is 0. The second kappa shape index (κ2) is 2.73. The summed E-state index contributed by atoms with van der Waals surface area (Å²) >= 11 is 0. The van der Waals surface area contributed by atoms with Gasteiger partial charge in [-0.1, -0.05) is 13.8 Å². The lowest BCUT2D eigenvalue weighted by atomic mass is 9.80. The molecule has 2 fully saturated rings. The van der Waals surface area contributed by atoms with Crippen molar-refractivity contribution in [1.29, 1.82) is 0 Å². The van der Waals surface area contributed by atoms with E-state index in [1.807, 2.05) is 0 Å². The maximum Gasteiger partial charge on any atom is 0.0543 e. The third-order valence-electron chi connectivity index (χ3n) is 3.74. The lowest BCUT2D eigenvalue weighted by Crippen LogP contribution is -2.23. The van der Waals surface area contributed by atoms with E-state index in [-0.39, 0.29) is 6.10 Å². The van der Waals surface area contributed by atoms with Crippen molar-refractivity contribution in [3.63, 3.8) is 0 Å². The van der Waals surface area contributed by atoms with E-state index < -0.39 is 0 Å². The third kappa shape index (κ3) is 1.52. The summed E-state index contributed by atoms with van der Waals surface area (Å²) in [6.45, 7) is 4.75. The molecule has 0 aromatic rings. The maximum absolute atomic E-state index is 9.53. The molecule has 2 aliphatic carbocycles. The molecule has 0 heterocycles. The van der Waals surface area contributed by atoms with Gasteiger partial charge >= 0.3 is 0 Å². The molecule has 0 aliphatic heterocycles. The van der Waals surface area contributed by atoms with E-state index >= 15 is 0 Å². The van der Waals surface area contributed by atoms with E-state index in [1.54, 1.807) is 0 Å². The molecule has 0 spiro atoms. The van der Waals surface area contributed by atoms with E-state index in [0.29, 0.717) is 5.41 Å². The van der Waals surface area contributed by atoms with E-state index in [2.05, 4.69) is 13.8 Å². The first-order valence-electron chi connectivity index (χ1n) is 5.25. The van der Waals surface area contributed by atoms with Crippen molar-refractivity contribution in [3.8, 4) is 0 Å². The fraction of sp³-hybridized carbons (Fsp3) is 1.00. The van der Waals surface area contributed by atoms with Crippen LogP contribution < -0.4 is 0 Å². The SMILES string of the molecule is CC1(C)CC2CCC(O)CC2C1. The number of hydrogen-bond acceptors (Lipinski definition) is 1. The molecule has 0 bridgehead atoms. The van der Waals surface area contributed by atoms with E-state index in [1.165, 1.54) is 19.3 Å². The first-order chi connectivity index (χ1) is 5.57. The highest BCUT2D eigenvalue weighted by Gasteiger charge is 2.41. The van der Waals surface area contributed by atoms with Gasteiger partial charge in [0.15, 0.2) is 0 Å². The van der Waals surface area contributed by atoms with Crippen LogP contribution in [0.5, 0.6) is 0 Å². The highest BCUT2D eigenvalue weighted by Crippen LogP contribution is 2.50. The minimum absolute atomic E-state index is 0.0140. The Hall–Kier alpha value is -0.0400. The summed E-state index contributed by atoms with van der Waals surface area (Å²) in [4.78, 5) is 0. The van der Waals surface area contributed by atoms with Gasteiger partial charge in [-0.3, -0.25) is 0 Å². The lowest BCUT2D eigenvalue weighted by Gasteiger charge is -2.28. The molecule has 1 nitrogen and oxygen atoms in total. The molecule has 1 heteroatoms. The highest BCUT2D eigenvalue weighted by molar-refractivity contribution is 4.92. The first-order valence-corrected chi connectivity index (χ1v) is 5.25. The van der Waals surface area contributed by atoms with E-state index in [9.17, 15) is 5.11 Å². The Morgan fingerprint density at radius 1 is 1.08 bits per heavy atom. The predicted octanol–water partition coefficient (Wildman–Crippen LogP) is 2.58. The molecule has 3 unspecified atom stereocenters. The fourth-order valence-electron chi connectivity index (χ4n) is 3.32. The fourth-order valence-corrected chi connectivity index (χ4v) is 3.32. The molecule has 0 saturated heterocycles. The van der Waals surface area contributed by atoms with Crippen molar-refractivity contribution in [2.45, 2.75) is 52.1 Å². The summed E-state index contributed by atoms with van der Waals surface area (Å²) in [6.07, 6.45) is 6.15. The number of aliphatic hydroxyl groups excluding tert-OH is 1. The average molecular weight is 168 g/mol. The van der Waals surface area contributed by atoms with Crippen LogP contribution in [0.3, 0.4) is 0 Å². The normalized spacial score (nSPS) is 45.8. The second-order valence-corrected chi connectivity index (χ2v) is 5.56. The molecular formula is C11H20O. The second-order valence-electron chi connectivity index (χ2n) is 5.56. The van der Waals surface area contributed by atoms with Crippen LogP contribution in [0.2, 0.25) is 0 Å². The van der Waals surface area contributed by atoms with Crippen LogP contribution in [0.1, 0.15) is 46.0 Å². The van der Waals surface area contributed by atoms with Gasteiger partial charge in [-0.2, -0.15) is 0 Å². The van der Waals surface area contributed by atoms with Crippen LogP contribution in [-0.2, 0) is 0 Å². The van der Waals surface area contributed by atoms with Crippen molar-refractivity contribution in [3.05, 3.63) is 0 Å². The number of hydrogen-bond donors (Lipinski definition) is 1. The highest BCUT2D eigenvalue weighted by atomic mass is 16.3. The molecule has 0 radical (unpaired) electrons. The van der Waals surface area contributed by atoms with Crippen LogP contribution in [-0.4, -0.2) is 11.2 Å². The molecule has 0 aromatic heterocycles. The van der Waals surface area contributed by atoms with Crippen molar-refractivity contribution in [2.75, 3.05) is 0 Å². The Balaban J connectivity index is 2.02. The lowest BCUT2D eigenvalue weighted by molar-refractivity contribution is 0.0805. The summed E-state index contributed by atoms with van der Waals surface area (Å²) in [5.41, 5.74) is 0.555. The van der Waals surface area contributed by atoms with Gasteiger partial charge in [0.1, 0.15) is 0 Å². The Bertz CT molecular complexity index is 174. The van der Waals surface area contributed by atoms with Gasteiger partial charge in [0.05, 0.1) is 6.10 Å². The molecule has 2 rings (SSSR count). The van der Waals surface area contributed by atoms with Gasteiger partial charge in [0, 0.05) is 0 Å². The van der Waals surface area contributed by atoms with Gasteiger partial charge in [-0.05, 0) is 49.4 Å². The number of fused-ring (bicyclic) bond motifs is 1. The monoisotopic (exact) mass is 168 g/mol. The number of rotatable bonds is 0. The van der Waals surface area contributed by atoms with Crippen molar-refractivity contribution >= 4 is 0 Å². The zero-order valence-electron chi connectivity index (χ0n) is 8.21. The molecular weight excluding hydrogens is 148 g/mol. The number of aliphatic hydroxyl groups is 1. The topological polar surface area (TPSA) is 20.2 Å². The Labute approximate surface area is 75.2 Å². The van der Waals surface area contributed by atoms with Gasteiger partial charge < -0.3 is 5.11 Å². The molecule has 0 amide bonds. The predicted molar refractivity (Wildman–Crippen MR) is 49.9 cm³/mol. The Morgan fingerprint density at radius 3 is 2.50 bits per heavy atom. The van der Waals surface area contributed by atoms with Crippen LogP contribution in [0.15, 0.2) is 0 Å². The minimum Gasteiger partial charge on any atom is -0.393 e.